The van der Waals surface area contributed by atoms with Gasteiger partial charge in [-0.05, 0) is 43.4 Å². The smallest absolute Gasteiger partial charge is 0.315 e. The molecule has 7 heteroatoms. The molecule has 30 heavy (non-hydrogen) atoms. The number of nitrogens with zero attached hydrogens (tertiary/aromatic N) is 3. The molecule has 3 rings (SSSR count). The van der Waals surface area contributed by atoms with E-state index in [-0.39, 0.29) is 18.5 Å². The van der Waals surface area contributed by atoms with E-state index in [1.165, 1.54) is 19.3 Å². The molecular weight excluding hydrogens is 378 g/mol. The lowest BCUT2D eigenvalue weighted by Gasteiger charge is -2.27. The first-order valence-electron chi connectivity index (χ1n) is 10.7. The van der Waals surface area contributed by atoms with Crippen molar-refractivity contribution in [3.05, 3.63) is 59.8 Å². The number of pyridine rings is 1. The number of urea groups is 1. The molecule has 0 aliphatic carbocycles. The van der Waals surface area contributed by atoms with Gasteiger partial charge in [0.05, 0.1) is 6.54 Å². The number of carbonyl (C=O) groups is 2. The highest BCUT2D eigenvalue weighted by atomic mass is 16.2. The third-order valence-electron chi connectivity index (χ3n) is 5.29. The Morgan fingerprint density at radius 1 is 1.00 bits per heavy atom. The monoisotopic (exact) mass is 409 g/mol. The third kappa shape index (κ3) is 6.47. The van der Waals surface area contributed by atoms with Gasteiger partial charge < -0.3 is 20.4 Å². The third-order valence-corrected chi connectivity index (χ3v) is 5.29. The second-order valence-electron chi connectivity index (χ2n) is 7.50. The molecule has 0 saturated carbocycles. The van der Waals surface area contributed by atoms with Gasteiger partial charge in [0, 0.05) is 38.9 Å². The summed E-state index contributed by atoms with van der Waals surface area (Å²) in [7, 11) is 0. The van der Waals surface area contributed by atoms with Crippen LogP contribution in [-0.4, -0.2) is 48.0 Å². The van der Waals surface area contributed by atoms with E-state index < -0.39 is 0 Å². The molecule has 2 N–H and O–H groups in total. The van der Waals surface area contributed by atoms with Gasteiger partial charge in [-0.15, -0.1) is 0 Å². The molecule has 0 radical (unpaired) electrons. The molecule has 1 aliphatic heterocycles. The van der Waals surface area contributed by atoms with Crippen LogP contribution < -0.4 is 15.5 Å². The number of rotatable bonds is 8. The van der Waals surface area contributed by atoms with Crippen LogP contribution in [0.1, 0.15) is 37.3 Å². The number of aromatic nitrogens is 1. The fraction of sp³-hybridized carbons (Fsp3) is 0.435. The summed E-state index contributed by atoms with van der Waals surface area (Å²) < 4.78 is 0. The van der Waals surface area contributed by atoms with Crippen LogP contribution in [0.15, 0.2) is 48.7 Å². The van der Waals surface area contributed by atoms with Crippen molar-refractivity contribution in [2.45, 2.75) is 39.3 Å². The molecule has 3 amide bonds. The summed E-state index contributed by atoms with van der Waals surface area (Å²) in [5.41, 5.74) is 1.99. The maximum absolute atomic E-state index is 12.4. The minimum Gasteiger partial charge on any atom is -0.357 e. The van der Waals surface area contributed by atoms with E-state index in [0.717, 1.165) is 30.0 Å². The Labute approximate surface area is 178 Å². The van der Waals surface area contributed by atoms with Gasteiger partial charge in [-0.2, -0.15) is 0 Å². The van der Waals surface area contributed by atoms with Crippen molar-refractivity contribution in [3.63, 3.8) is 0 Å². The fourth-order valence-electron chi connectivity index (χ4n) is 3.52. The standard InChI is InChI=1S/C23H31N5O2/c1-2-27(18-19-9-5-3-6-10-19)22(29)17-26-23(30)25-16-20-11-12-21(24-15-20)28-13-7-4-8-14-28/h3,5-6,9-12,15H,2,4,7-8,13-14,16-18H2,1H3,(H2,25,26,30). The van der Waals surface area contributed by atoms with Crippen molar-refractivity contribution in [1.82, 2.24) is 20.5 Å². The minimum atomic E-state index is -0.362. The summed E-state index contributed by atoms with van der Waals surface area (Å²) in [6.45, 7) is 5.51. The summed E-state index contributed by atoms with van der Waals surface area (Å²) in [5.74, 6) is 0.885. The number of amides is 3. The highest BCUT2D eigenvalue weighted by Crippen LogP contribution is 2.17. The molecule has 1 aliphatic rings. The molecule has 0 spiro atoms. The molecule has 0 bridgehead atoms. The predicted octanol–water partition coefficient (Wildman–Crippen LogP) is 2.92. The van der Waals surface area contributed by atoms with Gasteiger partial charge in [-0.1, -0.05) is 36.4 Å². The number of anilines is 1. The van der Waals surface area contributed by atoms with Crippen LogP contribution in [0.5, 0.6) is 0 Å². The topological polar surface area (TPSA) is 77.6 Å². The molecule has 0 unspecified atom stereocenters. The lowest BCUT2D eigenvalue weighted by molar-refractivity contribution is -0.130. The van der Waals surface area contributed by atoms with Gasteiger partial charge in [-0.25, -0.2) is 9.78 Å². The number of nitrogens with one attached hydrogen (secondary N) is 2. The van der Waals surface area contributed by atoms with E-state index in [4.69, 9.17) is 0 Å². The molecule has 2 heterocycles. The Balaban J connectivity index is 1.40. The van der Waals surface area contributed by atoms with Crippen molar-refractivity contribution in [3.8, 4) is 0 Å². The van der Waals surface area contributed by atoms with Crippen LogP contribution in [0.25, 0.3) is 0 Å². The van der Waals surface area contributed by atoms with Gasteiger partial charge >= 0.3 is 6.03 Å². The summed E-state index contributed by atoms with van der Waals surface area (Å²) in [6.07, 6.45) is 5.52. The zero-order valence-electron chi connectivity index (χ0n) is 17.6. The van der Waals surface area contributed by atoms with E-state index in [9.17, 15) is 9.59 Å². The molecule has 1 fully saturated rings. The quantitative estimate of drug-likeness (QED) is 0.703. The number of carbonyl (C=O) groups excluding carboxylic acids is 2. The molecular formula is C23H31N5O2. The summed E-state index contributed by atoms with van der Waals surface area (Å²) in [4.78, 5) is 33.0. The summed E-state index contributed by atoms with van der Waals surface area (Å²) in [5, 5.41) is 5.43. The molecule has 160 valence electrons. The highest BCUT2D eigenvalue weighted by molar-refractivity contribution is 5.83. The van der Waals surface area contributed by atoms with E-state index in [1.807, 2.05) is 49.4 Å². The molecule has 1 saturated heterocycles. The second-order valence-corrected chi connectivity index (χ2v) is 7.50. The number of benzene rings is 1. The Kier molecular flexibility index (Phi) is 8.06. The van der Waals surface area contributed by atoms with Crippen LogP contribution in [-0.2, 0) is 17.9 Å². The first kappa shape index (κ1) is 21.6. The molecule has 1 aromatic carbocycles. The number of likely N-dealkylation sites (N-methyl/N-ethyl adjacent to an activating group) is 1. The fourth-order valence-corrected chi connectivity index (χ4v) is 3.52. The van der Waals surface area contributed by atoms with Crippen LogP contribution in [0.2, 0.25) is 0 Å². The second kappa shape index (κ2) is 11.2. The van der Waals surface area contributed by atoms with Crippen molar-refractivity contribution in [2.24, 2.45) is 0 Å². The average Bonchev–Trinajstić information content (AvgIpc) is 2.81. The first-order chi connectivity index (χ1) is 14.7. The largest absolute Gasteiger partial charge is 0.357 e. The molecule has 1 aromatic heterocycles. The Bertz CT molecular complexity index is 804. The number of piperidine rings is 1. The van der Waals surface area contributed by atoms with Crippen LogP contribution in [0.3, 0.4) is 0 Å². The first-order valence-corrected chi connectivity index (χ1v) is 10.7. The van der Waals surface area contributed by atoms with Gasteiger partial charge in [0.25, 0.3) is 0 Å². The maximum atomic E-state index is 12.4. The van der Waals surface area contributed by atoms with Gasteiger partial charge in [0.1, 0.15) is 5.82 Å². The Morgan fingerprint density at radius 3 is 2.43 bits per heavy atom. The molecule has 2 aromatic rings. The minimum absolute atomic E-state index is 0.0291. The van der Waals surface area contributed by atoms with Gasteiger partial charge in [0.15, 0.2) is 0 Å². The average molecular weight is 410 g/mol. The number of hydrogen-bond acceptors (Lipinski definition) is 4. The Hall–Kier alpha value is -3.09. The molecule has 7 nitrogen and oxygen atoms in total. The van der Waals surface area contributed by atoms with Crippen molar-refractivity contribution < 1.29 is 9.59 Å². The van der Waals surface area contributed by atoms with E-state index in [2.05, 4.69) is 20.5 Å². The number of hydrogen-bond donors (Lipinski definition) is 2. The zero-order chi connectivity index (χ0) is 21.2. The lowest BCUT2D eigenvalue weighted by atomic mass is 10.1. The van der Waals surface area contributed by atoms with Gasteiger partial charge in [0.2, 0.25) is 5.91 Å². The maximum Gasteiger partial charge on any atom is 0.315 e. The highest BCUT2D eigenvalue weighted by Gasteiger charge is 2.14. The van der Waals surface area contributed by atoms with E-state index in [1.54, 1.807) is 11.1 Å². The van der Waals surface area contributed by atoms with Crippen molar-refractivity contribution in [1.29, 1.82) is 0 Å². The predicted molar refractivity (Wildman–Crippen MR) is 118 cm³/mol. The van der Waals surface area contributed by atoms with E-state index in [0.29, 0.717) is 19.6 Å². The van der Waals surface area contributed by atoms with Gasteiger partial charge in [-0.3, -0.25) is 4.79 Å². The van der Waals surface area contributed by atoms with Crippen LogP contribution in [0, 0.1) is 0 Å². The zero-order valence-corrected chi connectivity index (χ0v) is 17.6. The summed E-state index contributed by atoms with van der Waals surface area (Å²) >= 11 is 0. The van der Waals surface area contributed by atoms with E-state index >= 15 is 0 Å². The summed E-state index contributed by atoms with van der Waals surface area (Å²) in [6, 6.07) is 13.5. The van der Waals surface area contributed by atoms with Crippen LogP contribution >= 0.6 is 0 Å². The lowest BCUT2D eigenvalue weighted by Crippen LogP contribution is -2.43. The van der Waals surface area contributed by atoms with Crippen LogP contribution in [0.4, 0.5) is 10.6 Å². The Morgan fingerprint density at radius 2 is 1.77 bits per heavy atom. The SMILES string of the molecule is CCN(Cc1ccccc1)C(=O)CNC(=O)NCc1ccc(N2CCCCC2)nc1. The van der Waals surface area contributed by atoms with Crippen molar-refractivity contribution in [2.75, 3.05) is 31.1 Å². The molecule has 0 atom stereocenters. The van der Waals surface area contributed by atoms with Crippen molar-refractivity contribution >= 4 is 17.8 Å². The normalized spacial score (nSPS) is 13.6.